The van der Waals surface area contributed by atoms with Gasteiger partial charge in [-0.25, -0.2) is 0 Å². The van der Waals surface area contributed by atoms with Gasteiger partial charge in [-0.15, -0.1) is 0 Å². The number of hydrogen-bond acceptors (Lipinski definition) is 4. The first kappa shape index (κ1) is 15.2. The summed E-state index contributed by atoms with van der Waals surface area (Å²) in [4.78, 5) is 2.42. The second kappa shape index (κ2) is 6.05. The molecule has 7 heteroatoms. The molecule has 0 aromatic carbocycles. The molecule has 1 unspecified atom stereocenters. The van der Waals surface area contributed by atoms with Crippen LogP contribution in [0.3, 0.4) is 0 Å². The zero-order valence-electron chi connectivity index (χ0n) is 12.2. The number of nitrogens with one attached hydrogen (secondary N) is 1. The van der Waals surface area contributed by atoms with Crippen LogP contribution in [0, 0.1) is 0 Å². The summed E-state index contributed by atoms with van der Waals surface area (Å²) in [6, 6.07) is 0.390. The van der Waals surface area contributed by atoms with Crippen LogP contribution in [0.15, 0.2) is 0 Å². The van der Waals surface area contributed by atoms with Gasteiger partial charge in [0.25, 0.3) is 10.2 Å². The summed E-state index contributed by atoms with van der Waals surface area (Å²) in [5.74, 6) is 0. The average molecular weight is 290 g/mol. The van der Waals surface area contributed by atoms with Gasteiger partial charge in [-0.3, -0.25) is 4.90 Å². The first-order valence-corrected chi connectivity index (χ1v) is 8.50. The van der Waals surface area contributed by atoms with Crippen molar-refractivity contribution in [3.05, 3.63) is 0 Å². The molecule has 2 aliphatic rings. The van der Waals surface area contributed by atoms with Gasteiger partial charge in [0.1, 0.15) is 0 Å². The molecule has 2 fully saturated rings. The van der Waals surface area contributed by atoms with Crippen LogP contribution in [0.2, 0.25) is 0 Å². The van der Waals surface area contributed by atoms with Crippen molar-refractivity contribution in [2.24, 2.45) is 0 Å². The van der Waals surface area contributed by atoms with Gasteiger partial charge in [-0.1, -0.05) is 0 Å². The van der Waals surface area contributed by atoms with E-state index in [9.17, 15) is 8.42 Å². The number of piperazine rings is 1. The molecule has 1 N–H and O–H groups in total. The molecule has 0 amide bonds. The van der Waals surface area contributed by atoms with Crippen LogP contribution in [0.25, 0.3) is 0 Å². The van der Waals surface area contributed by atoms with Crippen molar-refractivity contribution in [3.63, 3.8) is 0 Å². The molecular weight excluding hydrogens is 264 g/mol. The van der Waals surface area contributed by atoms with Crippen LogP contribution in [0.5, 0.6) is 0 Å². The Morgan fingerprint density at radius 1 is 1.21 bits per heavy atom. The van der Waals surface area contributed by atoms with Crippen molar-refractivity contribution in [1.29, 1.82) is 0 Å². The zero-order chi connectivity index (χ0) is 14.0. The Balaban J connectivity index is 1.97. The summed E-state index contributed by atoms with van der Waals surface area (Å²) in [6.07, 6.45) is 0.950. The molecule has 0 aromatic rings. The standard InChI is InChI=1S/C12H26N4O2S/c1-11(2)14(3)19(17,18)16-7-4-12(10-16)15-8-5-13-6-9-15/h11-13H,4-10H2,1-3H3. The highest BCUT2D eigenvalue weighted by molar-refractivity contribution is 7.86. The van der Waals surface area contributed by atoms with Gasteiger partial charge < -0.3 is 5.32 Å². The molecule has 2 heterocycles. The Labute approximate surface area is 116 Å². The van der Waals surface area contributed by atoms with E-state index in [1.165, 1.54) is 4.31 Å². The fraction of sp³-hybridized carbons (Fsp3) is 1.00. The van der Waals surface area contributed by atoms with E-state index in [2.05, 4.69) is 10.2 Å². The Morgan fingerprint density at radius 2 is 1.84 bits per heavy atom. The zero-order valence-corrected chi connectivity index (χ0v) is 13.0. The van der Waals surface area contributed by atoms with Crippen LogP contribution < -0.4 is 5.32 Å². The van der Waals surface area contributed by atoms with Gasteiger partial charge in [0, 0.05) is 58.4 Å². The van der Waals surface area contributed by atoms with E-state index in [0.717, 1.165) is 32.6 Å². The lowest BCUT2D eigenvalue weighted by Gasteiger charge is -2.33. The minimum atomic E-state index is -3.29. The van der Waals surface area contributed by atoms with Crippen LogP contribution in [0.1, 0.15) is 20.3 Å². The van der Waals surface area contributed by atoms with Crippen molar-refractivity contribution in [3.8, 4) is 0 Å². The molecule has 0 aromatic heterocycles. The number of hydrogen-bond donors (Lipinski definition) is 1. The molecule has 0 saturated carbocycles. The molecule has 0 aliphatic carbocycles. The van der Waals surface area contributed by atoms with Crippen LogP contribution in [0.4, 0.5) is 0 Å². The summed E-state index contributed by atoms with van der Waals surface area (Å²) in [6.45, 7) is 9.16. The van der Waals surface area contributed by atoms with Crippen molar-refractivity contribution in [2.75, 3.05) is 46.3 Å². The fourth-order valence-corrected chi connectivity index (χ4v) is 4.31. The lowest BCUT2D eigenvalue weighted by Crippen LogP contribution is -2.50. The Bertz CT molecular complexity index is 393. The lowest BCUT2D eigenvalue weighted by atomic mass is 10.2. The summed E-state index contributed by atoms with van der Waals surface area (Å²) in [5, 5.41) is 3.33. The second-order valence-electron chi connectivity index (χ2n) is 5.70. The third-order valence-corrected chi connectivity index (χ3v) is 6.35. The topological polar surface area (TPSA) is 55.9 Å². The third kappa shape index (κ3) is 3.28. The maximum absolute atomic E-state index is 12.4. The lowest BCUT2D eigenvalue weighted by molar-refractivity contribution is 0.179. The van der Waals surface area contributed by atoms with E-state index in [1.807, 2.05) is 13.8 Å². The minimum Gasteiger partial charge on any atom is -0.314 e. The first-order chi connectivity index (χ1) is 8.93. The van der Waals surface area contributed by atoms with E-state index < -0.39 is 10.2 Å². The summed E-state index contributed by atoms with van der Waals surface area (Å²) < 4.78 is 28.0. The van der Waals surface area contributed by atoms with Gasteiger partial charge >= 0.3 is 0 Å². The molecule has 0 bridgehead atoms. The SMILES string of the molecule is CC(C)N(C)S(=O)(=O)N1CCC(N2CCNCC2)C1. The van der Waals surface area contributed by atoms with Gasteiger partial charge in [-0.05, 0) is 20.3 Å². The summed E-state index contributed by atoms with van der Waals surface area (Å²) in [5.41, 5.74) is 0. The van der Waals surface area contributed by atoms with Gasteiger partial charge in [0.15, 0.2) is 0 Å². The minimum absolute atomic E-state index is 0.00300. The molecule has 2 rings (SSSR count). The second-order valence-corrected chi connectivity index (χ2v) is 7.69. The molecule has 0 radical (unpaired) electrons. The van der Waals surface area contributed by atoms with Gasteiger partial charge in [0.2, 0.25) is 0 Å². The number of nitrogens with zero attached hydrogens (tertiary/aromatic N) is 3. The van der Waals surface area contributed by atoms with E-state index >= 15 is 0 Å². The average Bonchev–Trinajstić information content (AvgIpc) is 2.89. The third-order valence-electron chi connectivity index (χ3n) is 4.21. The van der Waals surface area contributed by atoms with Crippen molar-refractivity contribution in [2.45, 2.75) is 32.4 Å². The quantitative estimate of drug-likeness (QED) is 0.762. The highest BCUT2D eigenvalue weighted by atomic mass is 32.2. The molecular formula is C12H26N4O2S. The van der Waals surface area contributed by atoms with E-state index in [4.69, 9.17) is 0 Å². The smallest absolute Gasteiger partial charge is 0.282 e. The largest absolute Gasteiger partial charge is 0.314 e. The van der Waals surface area contributed by atoms with E-state index in [0.29, 0.717) is 19.1 Å². The molecule has 112 valence electrons. The first-order valence-electron chi connectivity index (χ1n) is 7.11. The van der Waals surface area contributed by atoms with Gasteiger partial charge in [0.05, 0.1) is 0 Å². The van der Waals surface area contributed by atoms with Gasteiger partial charge in [-0.2, -0.15) is 17.0 Å². The van der Waals surface area contributed by atoms with E-state index in [-0.39, 0.29) is 6.04 Å². The predicted molar refractivity (Wildman–Crippen MR) is 76.2 cm³/mol. The van der Waals surface area contributed by atoms with Crippen molar-refractivity contribution >= 4 is 10.2 Å². The summed E-state index contributed by atoms with van der Waals surface area (Å²) in [7, 11) is -1.62. The van der Waals surface area contributed by atoms with Crippen LogP contribution in [-0.2, 0) is 10.2 Å². The molecule has 2 saturated heterocycles. The molecule has 6 nitrogen and oxygen atoms in total. The highest BCUT2D eigenvalue weighted by Crippen LogP contribution is 2.21. The molecule has 19 heavy (non-hydrogen) atoms. The van der Waals surface area contributed by atoms with Crippen molar-refractivity contribution < 1.29 is 8.42 Å². The number of rotatable bonds is 4. The Hall–Kier alpha value is -0.210. The van der Waals surface area contributed by atoms with Crippen LogP contribution in [-0.4, -0.2) is 80.3 Å². The Morgan fingerprint density at radius 3 is 2.42 bits per heavy atom. The molecule has 2 aliphatic heterocycles. The Kier molecular flexibility index (Phi) is 4.84. The highest BCUT2D eigenvalue weighted by Gasteiger charge is 2.37. The summed E-state index contributed by atoms with van der Waals surface area (Å²) >= 11 is 0. The molecule has 1 atom stereocenters. The monoisotopic (exact) mass is 290 g/mol. The van der Waals surface area contributed by atoms with Crippen LogP contribution >= 0.6 is 0 Å². The van der Waals surface area contributed by atoms with Crippen molar-refractivity contribution in [1.82, 2.24) is 18.8 Å². The maximum Gasteiger partial charge on any atom is 0.282 e. The predicted octanol–water partition coefficient (Wildman–Crippen LogP) is -0.449. The normalized spacial score (nSPS) is 27.5. The fourth-order valence-electron chi connectivity index (χ4n) is 2.71. The maximum atomic E-state index is 12.4. The molecule has 0 spiro atoms. The van der Waals surface area contributed by atoms with E-state index in [1.54, 1.807) is 11.4 Å².